The summed E-state index contributed by atoms with van der Waals surface area (Å²) in [6.45, 7) is 7.78. The van der Waals surface area contributed by atoms with Gasteiger partial charge in [-0.1, -0.05) is 67.3 Å². The van der Waals surface area contributed by atoms with Crippen molar-refractivity contribution in [3.05, 3.63) is 72.2 Å². The first-order chi connectivity index (χ1) is 7.85. The maximum atomic E-state index is 3.75. The number of rotatable bonds is 7. The van der Waals surface area contributed by atoms with Crippen molar-refractivity contribution in [2.75, 3.05) is 5.75 Å². The van der Waals surface area contributed by atoms with Gasteiger partial charge in [0.15, 0.2) is 0 Å². The minimum atomic E-state index is 0.981. The van der Waals surface area contributed by atoms with E-state index in [2.05, 4.69) is 24.8 Å². The minimum absolute atomic E-state index is 0.981. The van der Waals surface area contributed by atoms with Crippen molar-refractivity contribution in [3.8, 4) is 0 Å². The van der Waals surface area contributed by atoms with Crippen molar-refractivity contribution in [2.24, 2.45) is 0 Å². The van der Waals surface area contributed by atoms with Gasteiger partial charge in [0.05, 0.1) is 0 Å². The lowest BCUT2D eigenvalue weighted by molar-refractivity contribution is 1.69. The molecule has 0 atom stereocenters. The average Bonchev–Trinajstić information content (AvgIpc) is 2.32. The summed E-state index contributed by atoms with van der Waals surface area (Å²) in [5.74, 6) is 0.981. The largest absolute Gasteiger partial charge is 0.122 e. The molecular weight excluding hydrogens is 212 g/mol. The predicted molar refractivity (Wildman–Crippen MR) is 78.6 cm³/mol. The molecule has 0 spiro atoms. The molecule has 0 nitrogen and oxygen atoms in total. The summed E-state index contributed by atoms with van der Waals surface area (Å²) < 4.78 is 0. The Balaban J connectivity index is 3.74. The zero-order chi connectivity index (χ0) is 12.1. The maximum absolute atomic E-state index is 3.75. The van der Waals surface area contributed by atoms with E-state index < -0.39 is 0 Å². The molecule has 0 amide bonds. The highest BCUT2D eigenvalue weighted by atomic mass is 32.2. The Kier molecular flexibility index (Phi) is 11.0. The van der Waals surface area contributed by atoms with Crippen LogP contribution < -0.4 is 0 Å². The van der Waals surface area contributed by atoms with Gasteiger partial charge < -0.3 is 0 Å². The first-order valence-corrected chi connectivity index (χ1v) is 6.36. The Morgan fingerprint density at radius 1 is 1.00 bits per heavy atom. The lowest BCUT2D eigenvalue weighted by atomic mass is 10.4. The molecule has 0 rings (SSSR count). The third kappa shape index (κ3) is 9.35. The van der Waals surface area contributed by atoms with E-state index in [9.17, 15) is 0 Å². The van der Waals surface area contributed by atoms with Gasteiger partial charge in [-0.25, -0.2) is 0 Å². The topological polar surface area (TPSA) is 0 Å². The Bertz CT molecular complexity index is 314. The maximum Gasteiger partial charge on any atom is 0.0163 e. The van der Waals surface area contributed by atoms with Gasteiger partial charge in [0.1, 0.15) is 0 Å². The zero-order valence-electron chi connectivity index (χ0n) is 10.1. The van der Waals surface area contributed by atoms with E-state index in [-0.39, 0.29) is 0 Å². The number of hydrogen-bond donors (Lipinski definition) is 0. The average molecular weight is 232 g/mol. The fraction of sp³-hybridized carbons (Fsp3) is 0.200. The van der Waals surface area contributed by atoms with Crippen LogP contribution in [0.2, 0.25) is 0 Å². The zero-order valence-corrected chi connectivity index (χ0v) is 10.9. The first-order valence-electron chi connectivity index (χ1n) is 5.37. The normalized spacial score (nSPS) is 13.8. The summed E-state index contributed by atoms with van der Waals surface area (Å²) in [7, 11) is 0. The summed E-state index contributed by atoms with van der Waals surface area (Å²) >= 11 is 1.79. The van der Waals surface area contributed by atoms with Crippen molar-refractivity contribution in [3.63, 3.8) is 0 Å². The molecule has 0 bridgehead atoms. The van der Waals surface area contributed by atoms with Crippen LogP contribution in [-0.4, -0.2) is 5.75 Å². The fourth-order valence-corrected chi connectivity index (χ4v) is 1.59. The van der Waals surface area contributed by atoms with Gasteiger partial charge in [0, 0.05) is 10.7 Å². The Morgan fingerprint density at radius 3 is 2.19 bits per heavy atom. The first kappa shape index (κ1) is 14.8. The van der Waals surface area contributed by atoms with E-state index in [4.69, 9.17) is 0 Å². The van der Waals surface area contributed by atoms with E-state index in [1.807, 2.05) is 56.4 Å². The van der Waals surface area contributed by atoms with Crippen LogP contribution in [-0.2, 0) is 0 Å². The second-order valence-corrected chi connectivity index (χ2v) is 4.02. The smallest absolute Gasteiger partial charge is 0.0163 e. The summed E-state index contributed by atoms with van der Waals surface area (Å²) in [5.41, 5.74) is 0. The van der Waals surface area contributed by atoms with E-state index in [0.717, 1.165) is 5.75 Å². The quantitative estimate of drug-likeness (QED) is 0.553. The van der Waals surface area contributed by atoms with Crippen LogP contribution in [0.3, 0.4) is 0 Å². The van der Waals surface area contributed by atoms with Crippen LogP contribution in [0.4, 0.5) is 0 Å². The van der Waals surface area contributed by atoms with Gasteiger partial charge in [0.2, 0.25) is 0 Å². The van der Waals surface area contributed by atoms with Crippen molar-refractivity contribution in [1.29, 1.82) is 0 Å². The van der Waals surface area contributed by atoms with Gasteiger partial charge in [-0.05, 0) is 13.8 Å². The molecule has 0 aliphatic rings. The second kappa shape index (κ2) is 11.9. The Morgan fingerprint density at radius 2 is 1.62 bits per heavy atom. The van der Waals surface area contributed by atoms with Crippen molar-refractivity contribution in [1.82, 2.24) is 0 Å². The van der Waals surface area contributed by atoms with Crippen molar-refractivity contribution < 1.29 is 0 Å². The van der Waals surface area contributed by atoms with E-state index in [1.165, 1.54) is 4.91 Å². The van der Waals surface area contributed by atoms with Crippen LogP contribution in [0.25, 0.3) is 0 Å². The summed E-state index contributed by atoms with van der Waals surface area (Å²) in [6.07, 6.45) is 20.2. The third-order valence-electron chi connectivity index (χ3n) is 1.72. The van der Waals surface area contributed by atoms with Crippen LogP contribution in [0.15, 0.2) is 72.2 Å². The molecule has 0 aliphatic carbocycles. The molecule has 1 heteroatoms. The van der Waals surface area contributed by atoms with Crippen LogP contribution in [0, 0.1) is 0 Å². The molecule has 0 unspecified atom stereocenters. The molecule has 16 heavy (non-hydrogen) atoms. The standard InChI is InChI=1S/C15H20S/c1-4-7-8-9-10-11-12-13-14-16-15(5-2)6-3/h4-13H,2,14H2,1,3H3/b7-4-,9-8-,11-10-,13-12-,15-6+. The van der Waals surface area contributed by atoms with Gasteiger partial charge >= 0.3 is 0 Å². The predicted octanol–water partition coefficient (Wildman–Crippen LogP) is 5.05. The highest BCUT2D eigenvalue weighted by molar-refractivity contribution is 8.03. The highest BCUT2D eigenvalue weighted by Crippen LogP contribution is 2.15. The van der Waals surface area contributed by atoms with Crippen LogP contribution in [0.5, 0.6) is 0 Å². The summed E-state index contributed by atoms with van der Waals surface area (Å²) in [4.78, 5) is 1.22. The van der Waals surface area contributed by atoms with Gasteiger partial charge in [-0.2, -0.15) is 0 Å². The van der Waals surface area contributed by atoms with Crippen LogP contribution in [0.1, 0.15) is 13.8 Å². The summed E-state index contributed by atoms with van der Waals surface area (Å²) in [5, 5.41) is 0. The molecule has 0 saturated heterocycles. The van der Waals surface area contributed by atoms with E-state index in [0.29, 0.717) is 0 Å². The lowest BCUT2D eigenvalue weighted by Crippen LogP contribution is -1.71. The molecule has 0 aromatic rings. The molecular formula is C15H20S. The molecule has 0 aromatic carbocycles. The molecule has 0 heterocycles. The Hall–Kier alpha value is -1.21. The minimum Gasteiger partial charge on any atom is -0.122 e. The summed E-state index contributed by atoms with van der Waals surface area (Å²) in [6, 6.07) is 0. The van der Waals surface area contributed by atoms with Gasteiger partial charge in [-0.3, -0.25) is 0 Å². The Labute approximate surface area is 104 Å². The van der Waals surface area contributed by atoms with Crippen LogP contribution >= 0.6 is 11.8 Å². The van der Waals surface area contributed by atoms with E-state index in [1.54, 1.807) is 11.8 Å². The monoisotopic (exact) mass is 232 g/mol. The molecule has 0 fully saturated rings. The SMILES string of the molecule is C=C/C(=C\C)SC\C=C/C=C\C=C/C=C\C. The highest BCUT2D eigenvalue weighted by Gasteiger charge is 1.86. The molecule has 0 radical (unpaired) electrons. The molecule has 86 valence electrons. The molecule has 0 aromatic heterocycles. The third-order valence-corrected chi connectivity index (χ3v) is 2.81. The molecule has 0 N–H and O–H groups in total. The van der Waals surface area contributed by atoms with E-state index >= 15 is 0 Å². The second-order valence-electron chi connectivity index (χ2n) is 2.93. The van der Waals surface area contributed by atoms with Gasteiger partial charge in [-0.15, -0.1) is 11.8 Å². The van der Waals surface area contributed by atoms with Gasteiger partial charge in [0.25, 0.3) is 0 Å². The number of hydrogen-bond acceptors (Lipinski definition) is 1. The lowest BCUT2D eigenvalue weighted by Gasteiger charge is -1.95. The number of allylic oxidation sites excluding steroid dienone is 9. The number of thioether (sulfide) groups is 1. The van der Waals surface area contributed by atoms with Crippen molar-refractivity contribution in [2.45, 2.75) is 13.8 Å². The fourth-order valence-electron chi connectivity index (χ4n) is 0.906. The van der Waals surface area contributed by atoms with Crippen molar-refractivity contribution >= 4 is 11.8 Å². The molecule has 0 aliphatic heterocycles. The molecule has 0 saturated carbocycles.